The van der Waals surface area contributed by atoms with Gasteiger partial charge in [0.05, 0.1) is 19.6 Å². The fourth-order valence-corrected chi connectivity index (χ4v) is 2.51. The molecule has 0 amide bonds. The Labute approximate surface area is 128 Å². The lowest BCUT2D eigenvalue weighted by atomic mass is 10.1. The molecule has 0 unspecified atom stereocenters. The highest BCUT2D eigenvalue weighted by Gasteiger charge is 2.10. The maximum Gasteiger partial charge on any atom is 0.124 e. The van der Waals surface area contributed by atoms with E-state index < -0.39 is 0 Å². The number of phenols is 1. The molecule has 22 heavy (non-hydrogen) atoms. The highest BCUT2D eigenvalue weighted by Crippen LogP contribution is 2.25. The molecule has 3 rings (SSSR count). The first-order chi connectivity index (χ1) is 10.7. The molecule has 5 heteroatoms. The van der Waals surface area contributed by atoms with Crippen LogP contribution in [0.2, 0.25) is 0 Å². The Bertz CT molecular complexity index is 802. The van der Waals surface area contributed by atoms with Crippen LogP contribution < -0.4 is 20.0 Å². The zero-order valence-corrected chi connectivity index (χ0v) is 12.6. The number of nitrogens with zero attached hydrogens (tertiary/aromatic N) is 2. The Kier molecular flexibility index (Phi) is 3.87. The molecule has 1 aliphatic rings. The first-order valence-electron chi connectivity index (χ1n) is 7.00. The van der Waals surface area contributed by atoms with Gasteiger partial charge in [-0.05, 0) is 36.4 Å². The van der Waals surface area contributed by atoms with Crippen molar-refractivity contribution in [1.82, 2.24) is 4.90 Å². The Morgan fingerprint density at radius 2 is 2.00 bits per heavy atom. The topological polar surface area (TPSA) is 54.3 Å². The number of hydrogen-bond donors (Lipinski definition) is 1. The van der Waals surface area contributed by atoms with Crippen molar-refractivity contribution in [3.63, 3.8) is 0 Å². The molecule has 0 saturated carbocycles. The van der Waals surface area contributed by atoms with Gasteiger partial charge in [-0.15, -0.1) is 0 Å². The Balaban J connectivity index is 1.91. The van der Waals surface area contributed by atoms with Crippen molar-refractivity contribution in [1.29, 1.82) is 0 Å². The zero-order valence-electron chi connectivity index (χ0n) is 12.6. The van der Waals surface area contributed by atoms with Gasteiger partial charge in [0, 0.05) is 23.5 Å². The first-order valence-corrected chi connectivity index (χ1v) is 7.00. The molecule has 2 aromatic rings. The number of hydrogen-bond acceptors (Lipinski definition) is 5. The van der Waals surface area contributed by atoms with E-state index in [0.717, 1.165) is 27.6 Å². The second-order valence-corrected chi connectivity index (χ2v) is 5.10. The monoisotopic (exact) mass is 298 g/mol. The standard InChI is InChI=1S/C17H18N2O3/c1-21-15-4-6-17(22-2)13(8-15)10-19-9-12-7-14(20)3-5-16(12)18-11-19/h3-9,20H,10-11H2,1-2H3. The molecule has 2 aromatic carbocycles. The van der Waals surface area contributed by atoms with Crippen molar-refractivity contribution < 1.29 is 14.6 Å². The van der Waals surface area contributed by atoms with Gasteiger partial charge >= 0.3 is 0 Å². The number of fused-ring (bicyclic) bond motifs is 1. The lowest BCUT2D eigenvalue weighted by Crippen LogP contribution is -2.35. The van der Waals surface area contributed by atoms with E-state index in [9.17, 15) is 5.11 Å². The van der Waals surface area contributed by atoms with Gasteiger partial charge in [-0.25, -0.2) is 0 Å². The Morgan fingerprint density at radius 3 is 2.77 bits per heavy atom. The molecule has 0 bridgehead atoms. The van der Waals surface area contributed by atoms with Gasteiger partial charge in [0.25, 0.3) is 0 Å². The van der Waals surface area contributed by atoms with E-state index in [1.807, 2.05) is 30.5 Å². The summed E-state index contributed by atoms with van der Waals surface area (Å²) in [6.45, 7) is 1.22. The second kappa shape index (κ2) is 5.97. The lowest BCUT2D eigenvalue weighted by Gasteiger charge is -2.22. The smallest absolute Gasteiger partial charge is 0.124 e. The highest BCUT2D eigenvalue weighted by atomic mass is 16.5. The number of rotatable bonds is 4. The predicted octanol–water partition coefficient (Wildman–Crippen LogP) is 1.24. The van der Waals surface area contributed by atoms with Gasteiger partial charge in [0.1, 0.15) is 23.9 Å². The fraction of sp³-hybridized carbons (Fsp3) is 0.235. The second-order valence-electron chi connectivity index (χ2n) is 5.10. The minimum atomic E-state index is 0.242. The van der Waals surface area contributed by atoms with E-state index in [1.54, 1.807) is 26.4 Å². The first kappa shape index (κ1) is 14.3. The van der Waals surface area contributed by atoms with E-state index in [1.165, 1.54) is 0 Å². The molecule has 1 N–H and O–H groups in total. The third-order valence-electron chi connectivity index (χ3n) is 3.62. The molecule has 5 nitrogen and oxygen atoms in total. The molecule has 0 aromatic heterocycles. The molecule has 0 fully saturated rings. The summed E-state index contributed by atoms with van der Waals surface area (Å²) >= 11 is 0. The van der Waals surface area contributed by atoms with E-state index in [-0.39, 0.29) is 5.75 Å². The molecular formula is C17H18N2O3. The van der Waals surface area contributed by atoms with E-state index >= 15 is 0 Å². The SMILES string of the molecule is COc1ccc(OC)c(CN2C=c3cc(O)ccc3=NC2)c1. The van der Waals surface area contributed by atoms with Crippen molar-refractivity contribution in [3.05, 3.63) is 52.5 Å². The van der Waals surface area contributed by atoms with Gasteiger partial charge in [0.15, 0.2) is 0 Å². The third kappa shape index (κ3) is 2.83. The molecule has 0 spiro atoms. The number of aromatic hydroxyl groups is 1. The molecule has 114 valence electrons. The molecule has 1 heterocycles. The molecule has 0 aliphatic carbocycles. The van der Waals surface area contributed by atoms with E-state index in [0.29, 0.717) is 13.2 Å². The van der Waals surface area contributed by atoms with Crippen LogP contribution in [0.15, 0.2) is 41.4 Å². The summed E-state index contributed by atoms with van der Waals surface area (Å²) in [7, 11) is 3.30. The number of phenolic OH excluding ortho intramolecular Hbond substituents is 1. The fourth-order valence-electron chi connectivity index (χ4n) is 2.51. The maximum absolute atomic E-state index is 9.60. The minimum absolute atomic E-state index is 0.242. The van der Waals surface area contributed by atoms with Crippen LogP contribution in [0, 0.1) is 0 Å². The molecule has 0 atom stereocenters. The van der Waals surface area contributed by atoms with Gasteiger partial charge < -0.3 is 19.5 Å². The third-order valence-corrected chi connectivity index (χ3v) is 3.62. The predicted molar refractivity (Wildman–Crippen MR) is 83.3 cm³/mol. The van der Waals surface area contributed by atoms with Crippen LogP contribution in [-0.4, -0.2) is 30.9 Å². The van der Waals surface area contributed by atoms with Crippen molar-refractivity contribution in [2.45, 2.75) is 6.54 Å². The van der Waals surface area contributed by atoms with Gasteiger partial charge in [-0.2, -0.15) is 0 Å². The molecule has 0 saturated heterocycles. The normalized spacial score (nSPS) is 12.9. The van der Waals surface area contributed by atoms with Crippen molar-refractivity contribution in [2.75, 3.05) is 20.9 Å². The van der Waals surface area contributed by atoms with Crippen LogP contribution >= 0.6 is 0 Å². The number of ether oxygens (including phenoxy) is 2. The Morgan fingerprint density at radius 1 is 1.14 bits per heavy atom. The van der Waals surface area contributed by atoms with Crippen LogP contribution in [0.4, 0.5) is 0 Å². The van der Waals surface area contributed by atoms with Crippen molar-refractivity contribution in [2.24, 2.45) is 4.99 Å². The number of benzene rings is 2. The summed E-state index contributed by atoms with van der Waals surface area (Å²) < 4.78 is 10.7. The molecular weight excluding hydrogens is 280 g/mol. The highest BCUT2D eigenvalue weighted by molar-refractivity contribution is 5.41. The van der Waals surface area contributed by atoms with Gasteiger partial charge in [0.2, 0.25) is 0 Å². The van der Waals surface area contributed by atoms with E-state index in [2.05, 4.69) is 9.89 Å². The quantitative estimate of drug-likeness (QED) is 0.923. The van der Waals surface area contributed by atoms with Crippen LogP contribution in [0.5, 0.6) is 17.2 Å². The summed E-state index contributed by atoms with van der Waals surface area (Å²) in [6, 6.07) is 10.9. The van der Waals surface area contributed by atoms with Gasteiger partial charge in [-0.3, -0.25) is 4.99 Å². The summed E-state index contributed by atoms with van der Waals surface area (Å²) in [5.74, 6) is 1.85. The van der Waals surface area contributed by atoms with Crippen LogP contribution in [0.1, 0.15) is 5.56 Å². The Hall–Kier alpha value is -2.69. The summed E-state index contributed by atoms with van der Waals surface area (Å²) in [4.78, 5) is 6.59. The van der Waals surface area contributed by atoms with Crippen LogP contribution in [-0.2, 0) is 6.54 Å². The summed E-state index contributed by atoms with van der Waals surface area (Å²) in [5.41, 5.74) is 1.02. The summed E-state index contributed by atoms with van der Waals surface area (Å²) in [6.07, 6.45) is 2.00. The number of methoxy groups -OCH3 is 2. The average Bonchev–Trinajstić information content (AvgIpc) is 2.54. The maximum atomic E-state index is 9.60. The van der Waals surface area contributed by atoms with Crippen LogP contribution in [0.25, 0.3) is 6.20 Å². The van der Waals surface area contributed by atoms with Crippen LogP contribution in [0.3, 0.4) is 0 Å². The lowest BCUT2D eigenvalue weighted by molar-refractivity contribution is 0.370. The zero-order chi connectivity index (χ0) is 15.5. The van der Waals surface area contributed by atoms with Gasteiger partial charge in [-0.1, -0.05) is 0 Å². The average molecular weight is 298 g/mol. The molecule has 0 radical (unpaired) electrons. The van der Waals surface area contributed by atoms with Crippen molar-refractivity contribution >= 4 is 6.20 Å². The van der Waals surface area contributed by atoms with Crippen molar-refractivity contribution in [3.8, 4) is 17.2 Å². The largest absolute Gasteiger partial charge is 0.508 e. The molecule has 1 aliphatic heterocycles. The summed E-state index contributed by atoms with van der Waals surface area (Å²) in [5, 5.41) is 11.4. The van der Waals surface area contributed by atoms with E-state index in [4.69, 9.17) is 9.47 Å². The minimum Gasteiger partial charge on any atom is -0.508 e.